The van der Waals surface area contributed by atoms with Crippen molar-refractivity contribution in [1.82, 2.24) is 14.5 Å². The summed E-state index contributed by atoms with van der Waals surface area (Å²) in [5.41, 5.74) is 12.8. The summed E-state index contributed by atoms with van der Waals surface area (Å²) in [7, 11) is 0. The minimum absolute atomic E-state index is 0.646. The molecule has 0 radical (unpaired) electrons. The van der Waals surface area contributed by atoms with Crippen molar-refractivity contribution in [1.29, 1.82) is 0 Å². The number of nitrogens with zero attached hydrogens (tertiary/aromatic N) is 3. The van der Waals surface area contributed by atoms with Gasteiger partial charge >= 0.3 is 0 Å². The molecule has 0 spiro atoms. The lowest BCUT2D eigenvalue weighted by Crippen LogP contribution is -1.96. The molecule has 0 aliphatic heterocycles. The van der Waals surface area contributed by atoms with Crippen molar-refractivity contribution in [2.24, 2.45) is 0 Å². The van der Waals surface area contributed by atoms with Crippen molar-refractivity contribution >= 4 is 76.6 Å². The lowest BCUT2D eigenvalue weighted by atomic mass is 9.98. The lowest BCUT2D eigenvalue weighted by molar-refractivity contribution is 0.668. The maximum absolute atomic E-state index is 6.51. The number of fused-ring (bicyclic) bond motifs is 10. The van der Waals surface area contributed by atoms with Crippen molar-refractivity contribution < 1.29 is 8.83 Å². The zero-order chi connectivity index (χ0) is 36.0. The molecule has 5 nitrogen and oxygen atoms in total. The van der Waals surface area contributed by atoms with E-state index >= 15 is 0 Å². The lowest BCUT2D eigenvalue weighted by Gasteiger charge is -2.11. The fourth-order valence-corrected chi connectivity index (χ4v) is 8.57. The summed E-state index contributed by atoms with van der Waals surface area (Å²) in [5, 5.41) is 7.56. The van der Waals surface area contributed by atoms with Gasteiger partial charge in [0.2, 0.25) is 0 Å². The second kappa shape index (κ2) is 11.5. The Balaban J connectivity index is 1.06. The van der Waals surface area contributed by atoms with Gasteiger partial charge in [0.1, 0.15) is 22.3 Å². The molecule has 0 aliphatic carbocycles. The molecule has 0 aliphatic rings. The molecular formula is C50H29N3O2. The average Bonchev–Trinajstić information content (AvgIpc) is 3.92. The second-order valence-electron chi connectivity index (χ2n) is 14.1. The zero-order valence-electron chi connectivity index (χ0n) is 29.4. The number of rotatable bonds is 4. The van der Waals surface area contributed by atoms with E-state index in [-0.39, 0.29) is 0 Å². The van der Waals surface area contributed by atoms with Crippen molar-refractivity contribution in [3.05, 3.63) is 176 Å². The van der Waals surface area contributed by atoms with E-state index in [9.17, 15) is 0 Å². The van der Waals surface area contributed by atoms with Gasteiger partial charge in [-0.1, -0.05) is 109 Å². The summed E-state index contributed by atoms with van der Waals surface area (Å²) in [6.45, 7) is 0. The first kappa shape index (κ1) is 30.0. The second-order valence-corrected chi connectivity index (χ2v) is 14.1. The maximum atomic E-state index is 6.51. The molecule has 0 fully saturated rings. The van der Waals surface area contributed by atoms with E-state index in [1.54, 1.807) is 0 Å². The summed E-state index contributed by atoms with van der Waals surface area (Å²) < 4.78 is 15.2. The van der Waals surface area contributed by atoms with Crippen LogP contribution < -0.4 is 0 Å². The van der Waals surface area contributed by atoms with Gasteiger partial charge < -0.3 is 13.4 Å². The van der Waals surface area contributed by atoms with Gasteiger partial charge in [-0.2, -0.15) is 0 Å². The SMILES string of the molecule is c1ccc(-n2c3ccccc3c3cc(-c4ccc5oc6cccc(-c7nc(-c8cccc9oc%10ccccc%10c89)c8ccccc8n7)c6c5c4)ccc32)cc1. The van der Waals surface area contributed by atoms with Crippen molar-refractivity contribution in [2.45, 2.75) is 0 Å². The van der Waals surface area contributed by atoms with Crippen LogP contribution in [0.3, 0.4) is 0 Å². The first-order chi connectivity index (χ1) is 27.3. The van der Waals surface area contributed by atoms with Crippen molar-refractivity contribution in [3.63, 3.8) is 0 Å². The van der Waals surface area contributed by atoms with Gasteiger partial charge in [0.25, 0.3) is 0 Å². The molecule has 4 aromatic heterocycles. The Hall–Kier alpha value is -7.50. The Morgan fingerprint density at radius 1 is 0.382 bits per heavy atom. The highest BCUT2D eigenvalue weighted by molar-refractivity contribution is 6.16. The molecule has 12 aromatic rings. The summed E-state index contributed by atoms with van der Waals surface area (Å²) in [6.07, 6.45) is 0. The van der Waals surface area contributed by atoms with Gasteiger partial charge in [-0.25, -0.2) is 9.97 Å². The van der Waals surface area contributed by atoms with Gasteiger partial charge in [0.15, 0.2) is 5.82 Å². The molecule has 0 saturated carbocycles. The molecule has 12 rings (SSSR count). The van der Waals surface area contributed by atoms with Crippen LogP contribution in [-0.4, -0.2) is 14.5 Å². The number of hydrogen-bond acceptors (Lipinski definition) is 4. The minimum Gasteiger partial charge on any atom is -0.456 e. The molecule has 8 aromatic carbocycles. The van der Waals surface area contributed by atoms with E-state index in [2.05, 4.69) is 132 Å². The van der Waals surface area contributed by atoms with E-state index in [1.807, 2.05) is 48.5 Å². The third-order valence-electron chi connectivity index (χ3n) is 11.0. The quantitative estimate of drug-likeness (QED) is 0.183. The number of hydrogen-bond donors (Lipinski definition) is 0. The number of furan rings is 2. The predicted molar refractivity (Wildman–Crippen MR) is 225 cm³/mol. The third kappa shape index (κ3) is 4.47. The van der Waals surface area contributed by atoms with Gasteiger partial charge in [0, 0.05) is 54.5 Å². The molecule has 5 heteroatoms. The van der Waals surface area contributed by atoms with Crippen LogP contribution in [-0.2, 0) is 0 Å². The highest BCUT2D eigenvalue weighted by Crippen LogP contribution is 2.42. The average molecular weight is 704 g/mol. The van der Waals surface area contributed by atoms with Gasteiger partial charge in [-0.3, -0.25) is 0 Å². The van der Waals surface area contributed by atoms with E-state index in [4.69, 9.17) is 18.8 Å². The molecule has 0 bridgehead atoms. The molecule has 0 amide bonds. The smallest absolute Gasteiger partial charge is 0.161 e. The third-order valence-corrected chi connectivity index (χ3v) is 11.0. The van der Waals surface area contributed by atoms with Crippen molar-refractivity contribution in [3.8, 4) is 39.5 Å². The van der Waals surface area contributed by atoms with Crippen LogP contribution in [0.2, 0.25) is 0 Å². The molecule has 0 atom stereocenters. The van der Waals surface area contributed by atoms with Crippen LogP contribution >= 0.6 is 0 Å². The maximum Gasteiger partial charge on any atom is 0.161 e. The number of para-hydroxylation sites is 4. The van der Waals surface area contributed by atoms with Crippen LogP contribution in [0.5, 0.6) is 0 Å². The van der Waals surface area contributed by atoms with Gasteiger partial charge in [-0.15, -0.1) is 0 Å². The Bertz CT molecular complexity index is 3500. The molecule has 0 saturated heterocycles. The molecule has 4 heterocycles. The Kier molecular flexibility index (Phi) is 6.27. The first-order valence-electron chi connectivity index (χ1n) is 18.5. The normalized spacial score (nSPS) is 12.0. The van der Waals surface area contributed by atoms with Crippen LogP contribution in [0.4, 0.5) is 0 Å². The fourth-order valence-electron chi connectivity index (χ4n) is 8.57. The molecule has 0 N–H and O–H groups in total. The Labute approximate surface area is 314 Å². The number of aromatic nitrogens is 3. The molecule has 55 heavy (non-hydrogen) atoms. The largest absolute Gasteiger partial charge is 0.456 e. The Morgan fingerprint density at radius 2 is 0.982 bits per heavy atom. The van der Waals surface area contributed by atoms with Crippen LogP contribution in [0.1, 0.15) is 0 Å². The monoisotopic (exact) mass is 703 g/mol. The number of benzene rings is 8. The van der Waals surface area contributed by atoms with E-state index in [0.29, 0.717) is 5.82 Å². The summed E-state index contributed by atoms with van der Waals surface area (Å²) >= 11 is 0. The van der Waals surface area contributed by atoms with Crippen molar-refractivity contribution in [2.75, 3.05) is 0 Å². The fraction of sp³-hybridized carbons (Fsp3) is 0. The highest BCUT2D eigenvalue weighted by Gasteiger charge is 2.21. The molecule has 0 unspecified atom stereocenters. The van der Waals surface area contributed by atoms with Gasteiger partial charge in [-0.05, 0) is 77.9 Å². The van der Waals surface area contributed by atoms with E-state index in [1.165, 1.54) is 21.8 Å². The van der Waals surface area contributed by atoms with Crippen LogP contribution in [0.25, 0.3) is 116 Å². The predicted octanol–water partition coefficient (Wildman–Crippen LogP) is 13.5. The minimum atomic E-state index is 0.646. The van der Waals surface area contributed by atoms with Gasteiger partial charge in [0.05, 0.1) is 22.2 Å². The van der Waals surface area contributed by atoms with Crippen LogP contribution in [0, 0.1) is 0 Å². The summed E-state index contributed by atoms with van der Waals surface area (Å²) in [4.78, 5) is 10.6. The van der Waals surface area contributed by atoms with E-state index < -0.39 is 0 Å². The summed E-state index contributed by atoms with van der Waals surface area (Å²) in [5.74, 6) is 0.646. The van der Waals surface area contributed by atoms with E-state index in [0.717, 1.165) is 88.4 Å². The molecular weight excluding hydrogens is 675 g/mol. The topological polar surface area (TPSA) is 57.0 Å². The van der Waals surface area contributed by atoms with Crippen LogP contribution in [0.15, 0.2) is 185 Å². The highest BCUT2D eigenvalue weighted by atomic mass is 16.3. The zero-order valence-corrected chi connectivity index (χ0v) is 29.4. The molecule has 256 valence electrons. The first-order valence-corrected chi connectivity index (χ1v) is 18.5. The standard InChI is InChI=1S/C50H29N3O2/c1-2-12-32(13-3-1)53-41-20-8-5-14-33(41)38-28-30(24-26-42(38)53)31-25-27-44-39(29-31)48-37(18-11-23-46(48)55-44)50-51-40-19-7-4-15-34(40)49(52-50)36-17-10-22-45-47(36)35-16-6-9-21-43(35)54-45/h1-29H. The summed E-state index contributed by atoms with van der Waals surface area (Å²) in [6, 6.07) is 61.3. The Morgan fingerprint density at radius 3 is 1.82 bits per heavy atom.